The first-order valence-corrected chi connectivity index (χ1v) is 13.8. The minimum absolute atomic E-state index is 0.283. The quantitative estimate of drug-likeness (QED) is 0.211. The highest BCUT2D eigenvalue weighted by Gasteiger charge is 2.19. The van der Waals surface area contributed by atoms with Crippen molar-refractivity contribution in [1.29, 1.82) is 0 Å². The smallest absolute Gasteiger partial charge is 0.341 e. The molecule has 4 aromatic carbocycles. The number of anilines is 1. The number of aryl methyl sites for hydroxylation is 2. The van der Waals surface area contributed by atoms with Gasteiger partial charge in [-0.2, -0.15) is 5.10 Å². The van der Waals surface area contributed by atoms with Crippen molar-refractivity contribution in [2.24, 2.45) is 0 Å². The molecule has 0 fully saturated rings. The van der Waals surface area contributed by atoms with E-state index in [-0.39, 0.29) is 11.7 Å². The van der Waals surface area contributed by atoms with Gasteiger partial charge < -0.3 is 10.1 Å². The molecule has 1 N–H and O–H groups in total. The molecule has 0 aliphatic carbocycles. The average Bonchev–Trinajstić information content (AvgIpc) is 3.61. The molecular formula is C34H28FN5O3. The van der Waals surface area contributed by atoms with E-state index >= 15 is 0 Å². The lowest BCUT2D eigenvalue weighted by atomic mass is 10.1. The third-order valence-corrected chi connectivity index (χ3v) is 7.31. The summed E-state index contributed by atoms with van der Waals surface area (Å²) in [4.78, 5) is 30.3. The number of esters is 1. The summed E-state index contributed by atoms with van der Waals surface area (Å²) in [5.74, 6) is -0.315. The van der Waals surface area contributed by atoms with E-state index in [2.05, 4.69) is 15.4 Å². The van der Waals surface area contributed by atoms with Crippen LogP contribution >= 0.6 is 0 Å². The number of rotatable bonds is 8. The third-order valence-electron chi connectivity index (χ3n) is 7.31. The molecule has 8 nitrogen and oxygen atoms in total. The van der Waals surface area contributed by atoms with Gasteiger partial charge in [-0.1, -0.05) is 30.3 Å². The number of aromatic nitrogens is 4. The van der Waals surface area contributed by atoms with Crippen LogP contribution < -0.4 is 5.32 Å². The Labute approximate surface area is 247 Å². The molecule has 2 aromatic heterocycles. The Morgan fingerprint density at radius 1 is 0.884 bits per heavy atom. The highest BCUT2D eigenvalue weighted by atomic mass is 19.1. The van der Waals surface area contributed by atoms with Gasteiger partial charge in [0.2, 0.25) is 0 Å². The largest absolute Gasteiger partial charge is 0.465 e. The predicted molar refractivity (Wildman–Crippen MR) is 162 cm³/mol. The number of amides is 1. The van der Waals surface area contributed by atoms with Gasteiger partial charge in [0.1, 0.15) is 17.2 Å². The van der Waals surface area contributed by atoms with Crippen LogP contribution in [0, 0.1) is 12.7 Å². The number of nitrogens with zero attached hydrogens (tertiary/aromatic N) is 4. The Morgan fingerprint density at radius 3 is 2.33 bits per heavy atom. The number of ether oxygens (including phenoxy) is 1. The maximum Gasteiger partial charge on any atom is 0.341 e. The van der Waals surface area contributed by atoms with Crippen molar-refractivity contribution in [3.05, 3.63) is 137 Å². The zero-order valence-corrected chi connectivity index (χ0v) is 23.6. The van der Waals surface area contributed by atoms with Crippen LogP contribution in [-0.2, 0) is 17.6 Å². The number of hydrogen-bond acceptors (Lipinski definition) is 5. The molecule has 6 aromatic rings. The summed E-state index contributed by atoms with van der Waals surface area (Å²) >= 11 is 0. The Balaban J connectivity index is 1.23. The molecule has 1 amide bonds. The van der Waals surface area contributed by atoms with Crippen molar-refractivity contribution in [3.8, 4) is 11.4 Å². The summed E-state index contributed by atoms with van der Waals surface area (Å²) in [5.41, 5.74) is 6.35. The number of methoxy groups -OCH3 is 1. The van der Waals surface area contributed by atoms with E-state index < -0.39 is 5.97 Å². The third kappa shape index (κ3) is 5.65. The topological polar surface area (TPSA) is 91.0 Å². The van der Waals surface area contributed by atoms with Gasteiger partial charge in [-0.25, -0.2) is 18.9 Å². The molecule has 6 rings (SSSR count). The Bertz CT molecular complexity index is 1930. The molecule has 2 heterocycles. The first kappa shape index (κ1) is 27.6. The molecule has 0 bridgehead atoms. The van der Waals surface area contributed by atoms with E-state index in [4.69, 9.17) is 4.74 Å². The van der Waals surface area contributed by atoms with Crippen LogP contribution in [0.1, 0.15) is 37.8 Å². The highest BCUT2D eigenvalue weighted by Crippen LogP contribution is 2.24. The van der Waals surface area contributed by atoms with Gasteiger partial charge in [-0.05, 0) is 92.1 Å². The Hall–Kier alpha value is -5.57. The number of fused-ring (bicyclic) bond motifs is 1. The maximum atomic E-state index is 13.5. The second-order valence-corrected chi connectivity index (χ2v) is 10.1. The molecule has 0 aliphatic rings. The molecule has 0 spiro atoms. The lowest BCUT2D eigenvalue weighted by Crippen LogP contribution is -2.12. The van der Waals surface area contributed by atoms with Crippen LogP contribution in [0.4, 0.5) is 10.1 Å². The van der Waals surface area contributed by atoms with Crippen LogP contribution in [0.15, 0.2) is 103 Å². The van der Waals surface area contributed by atoms with E-state index in [0.29, 0.717) is 23.2 Å². The fourth-order valence-corrected chi connectivity index (χ4v) is 5.17. The molecule has 0 aliphatic heterocycles. The summed E-state index contributed by atoms with van der Waals surface area (Å²) in [6.45, 7) is 1.87. The second-order valence-electron chi connectivity index (χ2n) is 10.1. The van der Waals surface area contributed by atoms with Crippen LogP contribution in [0.3, 0.4) is 0 Å². The summed E-state index contributed by atoms with van der Waals surface area (Å²) in [6.07, 6.45) is 2.84. The van der Waals surface area contributed by atoms with Gasteiger partial charge in [0, 0.05) is 16.9 Å². The molecule has 9 heteroatoms. The zero-order valence-electron chi connectivity index (χ0n) is 23.6. The van der Waals surface area contributed by atoms with E-state index in [1.165, 1.54) is 25.4 Å². The number of halogens is 1. The number of carbonyl (C=O) groups excluding carboxylic acids is 2. The van der Waals surface area contributed by atoms with Crippen molar-refractivity contribution < 1.29 is 18.7 Å². The molecule has 0 atom stereocenters. The standard InChI is InChI=1S/C34H28FN5O3/c1-22-37-30-18-9-24(20-32(30)39(22)27-14-10-25(35)11-15-27)33(41)38-26-12-16-28(17-13-26)40-31(29(21-36-40)34(42)43-2)19-8-23-6-4-3-5-7-23/h3-7,9-18,20-21H,8,19H2,1-2H3,(H,38,41). The number of nitrogens with one attached hydrogen (secondary N) is 1. The van der Waals surface area contributed by atoms with Crippen LogP contribution in [-0.4, -0.2) is 38.3 Å². The van der Waals surface area contributed by atoms with Crippen LogP contribution in [0.5, 0.6) is 0 Å². The molecule has 0 saturated heterocycles. The second kappa shape index (κ2) is 11.7. The summed E-state index contributed by atoms with van der Waals surface area (Å²) < 4.78 is 22.1. The molecule has 214 valence electrons. The van der Waals surface area contributed by atoms with Gasteiger partial charge >= 0.3 is 5.97 Å². The molecule has 0 unspecified atom stereocenters. The van der Waals surface area contributed by atoms with Crippen LogP contribution in [0.2, 0.25) is 0 Å². The number of imidazole rings is 1. The normalized spacial score (nSPS) is 11.0. The number of hydrogen-bond donors (Lipinski definition) is 1. The lowest BCUT2D eigenvalue weighted by Gasteiger charge is -2.11. The zero-order chi connectivity index (χ0) is 29.9. The molecule has 0 saturated carbocycles. The predicted octanol–water partition coefficient (Wildman–Crippen LogP) is 6.48. The van der Waals surface area contributed by atoms with Crippen molar-refractivity contribution in [2.45, 2.75) is 19.8 Å². The molecule has 43 heavy (non-hydrogen) atoms. The fraction of sp³-hybridized carbons (Fsp3) is 0.118. The first-order chi connectivity index (χ1) is 20.9. The number of carbonyl (C=O) groups is 2. The van der Waals surface area contributed by atoms with E-state index in [1.54, 1.807) is 47.1 Å². The minimum Gasteiger partial charge on any atom is -0.465 e. The highest BCUT2D eigenvalue weighted by molar-refractivity contribution is 6.06. The Morgan fingerprint density at radius 2 is 1.60 bits per heavy atom. The van der Waals surface area contributed by atoms with Crippen molar-refractivity contribution in [1.82, 2.24) is 19.3 Å². The van der Waals surface area contributed by atoms with E-state index in [1.807, 2.05) is 54.0 Å². The van der Waals surface area contributed by atoms with Crippen molar-refractivity contribution in [2.75, 3.05) is 12.4 Å². The average molecular weight is 574 g/mol. The van der Waals surface area contributed by atoms with Gasteiger partial charge in [-0.3, -0.25) is 9.36 Å². The molecule has 0 radical (unpaired) electrons. The molecular weight excluding hydrogens is 545 g/mol. The number of benzene rings is 4. The van der Waals surface area contributed by atoms with E-state index in [9.17, 15) is 14.0 Å². The lowest BCUT2D eigenvalue weighted by molar-refractivity contribution is 0.0599. The van der Waals surface area contributed by atoms with Crippen molar-refractivity contribution >= 4 is 28.6 Å². The van der Waals surface area contributed by atoms with Gasteiger partial charge in [-0.15, -0.1) is 0 Å². The van der Waals surface area contributed by atoms with Gasteiger partial charge in [0.05, 0.1) is 35.7 Å². The van der Waals surface area contributed by atoms with E-state index in [0.717, 1.165) is 45.9 Å². The summed E-state index contributed by atoms with van der Waals surface area (Å²) in [5, 5.41) is 7.42. The summed E-state index contributed by atoms with van der Waals surface area (Å²) in [7, 11) is 1.35. The van der Waals surface area contributed by atoms with Crippen molar-refractivity contribution in [3.63, 3.8) is 0 Å². The summed E-state index contributed by atoms with van der Waals surface area (Å²) in [6, 6.07) is 28.7. The van der Waals surface area contributed by atoms with Gasteiger partial charge in [0.25, 0.3) is 5.91 Å². The fourth-order valence-electron chi connectivity index (χ4n) is 5.17. The SMILES string of the molecule is COC(=O)c1cnn(-c2ccc(NC(=O)c3ccc4nc(C)n(-c5ccc(F)cc5)c4c3)cc2)c1CCc1ccccc1. The Kier molecular flexibility index (Phi) is 7.53. The first-order valence-electron chi connectivity index (χ1n) is 13.8. The van der Waals surface area contributed by atoms with Crippen LogP contribution in [0.25, 0.3) is 22.4 Å². The maximum absolute atomic E-state index is 13.5. The minimum atomic E-state index is -0.439. The van der Waals surface area contributed by atoms with Gasteiger partial charge in [0.15, 0.2) is 0 Å². The monoisotopic (exact) mass is 573 g/mol.